The number of anilines is 1. The van der Waals surface area contributed by atoms with Crippen molar-refractivity contribution in [2.24, 2.45) is 4.99 Å². The maximum absolute atomic E-state index is 15.0. The number of carbonyl (C=O) groups excluding carboxylic acids is 3. The predicted molar refractivity (Wildman–Crippen MR) is 131 cm³/mol. The summed E-state index contributed by atoms with van der Waals surface area (Å²) in [6.45, 7) is 1.02. The van der Waals surface area contributed by atoms with Crippen LogP contribution in [0.15, 0.2) is 63.1 Å². The Morgan fingerprint density at radius 1 is 1.14 bits per heavy atom. The molecule has 0 saturated heterocycles. The van der Waals surface area contributed by atoms with E-state index < -0.39 is 39.0 Å². The fourth-order valence-electron chi connectivity index (χ4n) is 4.15. The number of fused-ring (bicyclic) bond motifs is 1. The molecule has 2 aromatic carbocycles. The third-order valence-corrected chi connectivity index (χ3v) is 8.93. The monoisotopic (exact) mass is 526 g/mol. The Morgan fingerprint density at radius 3 is 2.67 bits per heavy atom. The first-order chi connectivity index (χ1) is 17.2. The summed E-state index contributed by atoms with van der Waals surface area (Å²) in [6.07, 6.45) is -0.413. The molecule has 1 aromatic heterocycles. The lowest BCUT2D eigenvalue weighted by molar-refractivity contribution is -0.118. The van der Waals surface area contributed by atoms with Gasteiger partial charge in [-0.3, -0.25) is 14.4 Å². The Balaban J connectivity index is 1.34. The van der Waals surface area contributed by atoms with Crippen molar-refractivity contribution >= 4 is 50.4 Å². The van der Waals surface area contributed by atoms with Gasteiger partial charge in [-0.1, -0.05) is 12.1 Å². The molecule has 0 saturated carbocycles. The number of imide groups is 1. The smallest absolute Gasteiger partial charge is 0.265 e. The fraction of sp³-hybridized carbons (Fsp3) is 0.200. The molecule has 0 aliphatic carbocycles. The number of sulfone groups is 1. The lowest BCUT2D eigenvalue weighted by Gasteiger charge is -2.27. The molecule has 0 atom stereocenters. The average Bonchev–Trinajstić information content (AvgIpc) is 3.55. The van der Waals surface area contributed by atoms with Gasteiger partial charge in [-0.15, -0.1) is 11.3 Å². The van der Waals surface area contributed by atoms with Crippen molar-refractivity contribution in [3.8, 4) is 0 Å². The second-order valence-corrected chi connectivity index (χ2v) is 11.5. The highest BCUT2D eigenvalue weighted by Gasteiger charge is 2.34. The van der Waals surface area contributed by atoms with Crippen molar-refractivity contribution in [3.05, 3.63) is 82.0 Å². The number of ketones is 1. The Labute approximate surface area is 210 Å². The van der Waals surface area contributed by atoms with Crippen LogP contribution in [0, 0.1) is 5.82 Å². The average molecular weight is 527 g/mol. The van der Waals surface area contributed by atoms with E-state index in [0.29, 0.717) is 30.2 Å². The number of benzene rings is 2. The first kappa shape index (κ1) is 24.0. The van der Waals surface area contributed by atoms with Crippen LogP contribution in [0.25, 0.3) is 0 Å². The number of hydrogen-bond donors (Lipinski definition) is 0. The minimum atomic E-state index is -3.76. The summed E-state index contributed by atoms with van der Waals surface area (Å²) in [5, 5.41) is 1.60. The molecule has 0 bridgehead atoms. The number of thiophene rings is 1. The van der Waals surface area contributed by atoms with Crippen LogP contribution in [0.5, 0.6) is 0 Å². The van der Waals surface area contributed by atoms with Crippen LogP contribution in [-0.4, -0.2) is 50.8 Å². The molecular weight excluding hydrogens is 507 g/mol. The van der Waals surface area contributed by atoms with E-state index in [4.69, 9.17) is 4.74 Å². The molecular formula is C25H19FN2O6S2. The van der Waals surface area contributed by atoms with Crippen LogP contribution < -0.4 is 4.90 Å². The van der Waals surface area contributed by atoms with E-state index in [2.05, 4.69) is 4.99 Å². The molecule has 11 heteroatoms. The van der Waals surface area contributed by atoms with E-state index in [1.807, 2.05) is 0 Å². The number of carbonyl (C=O) groups is 3. The van der Waals surface area contributed by atoms with Gasteiger partial charge in [-0.2, -0.15) is 0 Å². The molecule has 0 spiro atoms. The quantitative estimate of drug-likeness (QED) is 0.438. The Bertz CT molecular complexity index is 1530. The van der Waals surface area contributed by atoms with Gasteiger partial charge >= 0.3 is 0 Å². The SMILES string of the molecule is O=C(Cc1ccc(N2C(=O)Cc3cc(C4=NCCO4)ccc3C2=O)c(F)c1)CS(=O)(=O)c1cccs1. The number of rotatable bonds is 7. The molecule has 0 N–H and O–H groups in total. The summed E-state index contributed by atoms with van der Waals surface area (Å²) in [6, 6.07) is 11.6. The predicted octanol–water partition coefficient (Wildman–Crippen LogP) is 2.98. The molecule has 0 unspecified atom stereocenters. The second kappa shape index (κ2) is 9.40. The van der Waals surface area contributed by atoms with Gasteiger partial charge in [0.1, 0.15) is 22.4 Å². The van der Waals surface area contributed by atoms with Crippen LogP contribution in [0.3, 0.4) is 0 Å². The molecule has 2 amide bonds. The third kappa shape index (κ3) is 4.59. The number of hydrogen-bond acceptors (Lipinski definition) is 8. The van der Waals surface area contributed by atoms with Gasteiger partial charge < -0.3 is 4.74 Å². The van der Waals surface area contributed by atoms with E-state index in [1.165, 1.54) is 18.2 Å². The summed E-state index contributed by atoms with van der Waals surface area (Å²) in [5.41, 5.74) is 1.45. The normalized spacial score (nSPS) is 15.5. The van der Waals surface area contributed by atoms with E-state index >= 15 is 4.39 Å². The Hall–Kier alpha value is -3.70. The molecule has 5 rings (SSSR count). The van der Waals surface area contributed by atoms with Crippen molar-refractivity contribution < 1.29 is 31.9 Å². The molecule has 2 aliphatic rings. The zero-order valence-corrected chi connectivity index (χ0v) is 20.4. The Morgan fingerprint density at radius 2 is 1.97 bits per heavy atom. The van der Waals surface area contributed by atoms with E-state index in [0.717, 1.165) is 22.3 Å². The van der Waals surface area contributed by atoms with Crippen molar-refractivity contribution in [1.82, 2.24) is 0 Å². The van der Waals surface area contributed by atoms with Gasteiger partial charge in [0.2, 0.25) is 11.8 Å². The van der Waals surface area contributed by atoms with Crippen molar-refractivity contribution in [1.29, 1.82) is 0 Å². The zero-order valence-electron chi connectivity index (χ0n) is 18.8. The largest absolute Gasteiger partial charge is 0.476 e. The highest BCUT2D eigenvalue weighted by Crippen LogP contribution is 2.29. The van der Waals surface area contributed by atoms with Crippen molar-refractivity contribution in [2.75, 3.05) is 23.8 Å². The summed E-state index contributed by atoms with van der Waals surface area (Å²) < 4.78 is 45.2. The highest BCUT2D eigenvalue weighted by molar-refractivity contribution is 7.94. The molecule has 184 valence electrons. The minimum absolute atomic E-state index is 0.0932. The topological polar surface area (TPSA) is 110 Å². The first-order valence-corrected chi connectivity index (χ1v) is 13.5. The molecule has 0 radical (unpaired) electrons. The molecule has 0 fully saturated rings. The maximum Gasteiger partial charge on any atom is 0.265 e. The van der Waals surface area contributed by atoms with Crippen LogP contribution in [0.1, 0.15) is 27.0 Å². The fourth-order valence-corrected chi connectivity index (χ4v) is 6.49. The lowest BCUT2D eigenvalue weighted by atomic mass is 9.95. The van der Waals surface area contributed by atoms with Crippen LogP contribution >= 0.6 is 11.3 Å². The van der Waals surface area contributed by atoms with Crippen molar-refractivity contribution in [3.63, 3.8) is 0 Å². The summed E-state index contributed by atoms with van der Waals surface area (Å²) in [7, 11) is -3.76. The molecule has 8 nitrogen and oxygen atoms in total. The second-order valence-electron chi connectivity index (χ2n) is 8.31. The number of halogens is 1. The van der Waals surface area contributed by atoms with Crippen molar-refractivity contribution in [2.45, 2.75) is 17.1 Å². The van der Waals surface area contributed by atoms with E-state index in [1.54, 1.807) is 29.6 Å². The lowest BCUT2D eigenvalue weighted by Crippen LogP contribution is -2.43. The summed E-state index contributed by atoms with van der Waals surface area (Å²) in [4.78, 5) is 43.3. The van der Waals surface area contributed by atoms with Gasteiger partial charge in [-0.25, -0.2) is 22.7 Å². The summed E-state index contributed by atoms with van der Waals surface area (Å²) in [5.74, 6) is -2.95. The third-order valence-electron chi connectivity index (χ3n) is 5.77. The molecule has 2 aliphatic heterocycles. The first-order valence-electron chi connectivity index (χ1n) is 11.0. The van der Waals surface area contributed by atoms with Gasteiger partial charge in [-0.05, 0) is 52.9 Å². The number of ether oxygens (including phenoxy) is 1. The molecule has 36 heavy (non-hydrogen) atoms. The van der Waals surface area contributed by atoms with Gasteiger partial charge in [0, 0.05) is 17.5 Å². The van der Waals surface area contributed by atoms with E-state index in [-0.39, 0.29) is 33.9 Å². The van der Waals surface area contributed by atoms with E-state index in [9.17, 15) is 22.8 Å². The van der Waals surface area contributed by atoms with Crippen LogP contribution in [-0.2, 0) is 37.0 Å². The van der Waals surface area contributed by atoms with Crippen LogP contribution in [0.2, 0.25) is 0 Å². The zero-order chi connectivity index (χ0) is 25.4. The standard InChI is InChI=1S/C25H19FN2O6S2/c26-20-11-15(10-18(29)14-36(32,33)23-2-1-9-35-23)3-6-21(20)28-22(30)13-17-12-16(24-27-7-8-34-24)4-5-19(17)25(28)31/h1-6,9,11-12H,7-8,10,13-14H2. The molecule has 3 heterocycles. The minimum Gasteiger partial charge on any atom is -0.476 e. The number of amides is 2. The van der Waals surface area contributed by atoms with Gasteiger partial charge in [0.25, 0.3) is 5.91 Å². The maximum atomic E-state index is 15.0. The Kier molecular flexibility index (Phi) is 6.27. The van der Waals surface area contributed by atoms with Gasteiger partial charge in [0.15, 0.2) is 15.6 Å². The number of Topliss-reactive ketones (excluding diaryl/α,β-unsaturated/α-hetero) is 1. The summed E-state index contributed by atoms with van der Waals surface area (Å²) >= 11 is 1.02. The number of aliphatic imine (C=N–C) groups is 1. The highest BCUT2D eigenvalue weighted by atomic mass is 32.2. The molecule has 3 aromatic rings. The number of nitrogens with zero attached hydrogens (tertiary/aromatic N) is 2. The van der Waals surface area contributed by atoms with Gasteiger partial charge in [0.05, 0.1) is 18.7 Å². The van der Waals surface area contributed by atoms with Crippen LogP contribution in [0.4, 0.5) is 10.1 Å².